The highest BCUT2D eigenvalue weighted by atomic mass is 16.2. The van der Waals surface area contributed by atoms with Gasteiger partial charge in [-0.05, 0) is 12.1 Å². The molecule has 0 aliphatic rings. The van der Waals surface area contributed by atoms with Gasteiger partial charge in [0.15, 0.2) is 5.78 Å². The zero-order chi connectivity index (χ0) is 12.8. The maximum Gasteiger partial charge on any atom is 0.220 e. The fraction of sp³-hybridized carbons (Fsp3) is 0.462. The monoisotopic (exact) mass is 234 g/mol. The zero-order valence-corrected chi connectivity index (χ0v) is 10.5. The highest BCUT2D eigenvalue weighted by molar-refractivity contribution is 5.86. The fourth-order valence-electron chi connectivity index (χ4n) is 1.34. The molecule has 4 heteroatoms. The van der Waals surface area contributed by atoms with Crippen LogP contribution in [-0.4, -0.2) is 28.1 Å². The molecular formula is C13H18N2O2. The first-order valence-electron chi connectivity index (χ1n) is 5.69. The van der Waals surface area contributed by atoms with E-state index < -0.39 is 0 Å². The Labute approximate surface area is 102 Å². The van der Waals surface area contributed by atoms with Crippen LogP contribution in [0, 0.1) is 5.92 Å². The summed E-state index contributed by atoms with van der Waals surface area (Å²) in [6.45, 7) is 5.68. The number of nitrogens with zero attached hydrogens (tertiary/aromatic N) is 2. The predicted molar refractivity (Wildman–Crippen MR) is 65.2 cm³/mol. The second-order valence-corrected chi connectivity index (χ2v) is 4.32. The van der Waals surface area contributed by atoms with Crippen molar-refractivity contribution in [1.82, 2.24) is 9.88 Å². The number of ketones is 1. The van der Waals surface area contributed by atoms with E-state index in [1.54, 1.807) is 6.20 Å². The molecule has 92 valence electrons. The molecule has 0 atom stereocenters. The Hall–Kier alpha value is -1.71. The molecule has 0 saturated heterocycles. The smallest absolute Gasteiger partial charge is 0.220 e. The van der Waals surface area contributed by atoms with Crippen molar-refractivity contribution in [3.8, 4) is 0 Å². The van der Waals surface area contributed by atoms with Crippen molar-refractivity contribution in [3.05, 3.63) is 30.1 Å². The molecule has 0 aliphatic heterocycles. The predicted octanol–water partition coefficient (Wildman–Crippen LogP) is 1.66. The van der Waals surface area contributed by atoms with Gasteiger partial charge < -0.3 is 4.90 Å². The quantitative estimate of drug-likeness (QED) is 0.778. The van der Waals surface area contributed by atoms with Crippen LogP contribution in [0.5, 0.6) is 0 Å². The van der Waals surface area contributed by atoms with Gasteiger partial charge in [-0.1, -0.05) is 19.9 Å². The van der Waals surface area contributed by atoms with Gasteiger partial charge in [-0.3, -0.25) is 14.6 Å². The summed E-state index contributed by atoms with van der Waals surface area (Å²) in [4.78, 5) is 28.8. The largest absolute Gasteiger partial charge is 0.330 e. The summed E-state index contributed by atoms with van der Waals surface area (Å²) in [6, 6.07) is 5.53. The van der Waals surface area contributed by atoms with Gasteiger partial charge in [-0.2, -0.15) is 0 Å². The van der Waals surface area contributed by atoms with E-state index in [0.717, 1.165) is 5.69 Å². The van der Waals surface area contributed by atoms with E-state index in [-0.39, 0.29) is 24.2 Å². The number of Topliss-reactive ketones (excluding diaryl/α,β-unsaturated/α-hetero) is 1. The molecule has 0 aliphatic carbocycles. The number of hydrogen-bond acceptors (Lipinski definition) is 3. The van der Waals surface area contributed by atoms with Crippen LogP contribution in [0.4, 0.5) is 0 Å². The van der Waals surface area contributed by atoms with Crippen molar-refractivity contribution in [1.29, 1.82) is 0 Å². The summed E-state index contributed by atoms with van der Waals surface area (Å²) in [6.07, 6.45) is 1.68. The number of amides is 1. The summed E-state index contributed by atoms with van der Waals surface area (Å²) in [7, 11) is 0. The summed E-state index contributed by atoms with van der Waals surface area (Å²) >= 11 is 0. The molecule has 0 aromatic carbocycles. The highest BCUT2D eigenvalue weighted by Gasteiger charge is 2.16. The average Bonchev–Trinajstić information content (AvgIpc) is 2.29. The first kappa shape index (κ1) is 13.4. The highest BCUT2D eigenvalue weighted by Crippen LogP contribution is 2.04. The third-order valence-corrected chi connectivity index (χ3v) is 2.51. The Balaban J connectivity index is 2.68. The van der Waals surface area contributed by atoms with Crippen LogP contribution in [-0.2, 0) is 16.1 Å². The first-order chi connectivity index (χ1) is 8.00. The molecule has 0 unspecified atom stereocenters. The molecule has 1 rings (SSSR count). The summed E-state index contributed by atoms with van der Waals surface area (Å²) in [5.74, 6) is -0.0960. The molecule has 1 aromatic rings. The Morgan fingerprint density at radius 1 is 1.35 bits per heavy atom. The van der Waals surface area contributed by atoms with Gasteiger partial charge in [0.1, 0.15) is 0 Å². The normalized spacial score (nSPS) is 10.4. The van der Waals surface area contributed by atoms with Crippen LogP contribution >= 0.6 is 0 Å². The molecule has 0 radical (unpaired) electrons. The van der Waals surface area contributed by atoms with E-state index in [2.05, 4.69) is 4.98 Å². The van der Waals surface area contributed by atoms with Crippen LogP contribution in [0.3, 0.4) is 0 Å². The first-order valence-corrected chi connectivity index (χ1v) is 5.69. The van der Waals surface area contributed by atoms with Gasteiger partial charge in [0.2, 0.25) is 5.91 Å². The van der Waals surface area contributed by atoms with E-state index >= 15 is 0 Å². The molecule has 0 N–H and O–H groups in total. The summed E-state index contributed by atoms with van der Waals surface area (Å²) < 4.78 is 0. The van der Waals surface area contributed by atoms with Crippen molar-refractivity contribution < 1.29 is 9.59 Å². The number of carbonyl (C=O) groups is 2. The van der Waals surface area contributed by atoms with Gasteiger partial charge in [0.05, 0.1) is 18.8 Å². The Morgan fingerprint density at radius 3 is 2.53 bits per heavy atom. The van der Waals surface area contributed by atoms with Crippen LogP contribution in [0.2, 0.25) is 0 Å². The molecule has 17 heavy (non-hydrogen) atoms. The number of rotatable bonds is 5. The molecule has 0 spiro atoms. The Morgan fingerprint density at radius 2 is 2.06 bits per heavy atom. The maximum absolute atomic E-state index is 11.6. The van der Waals surface area contributed by atoms with Crippen molar-refractivity contribution in [2.75, 3.05) is 6.54 Å². The topological polar surface area (TPSA) is 50.3 Å². The number of aromatic nitrogens is 1. The zero-order valence-electron chi connectivity index (χ0n) is 10.5. The third-order valence-electron chi connectivity index (χ3n) is 2.51. The van der Waals surface area contributed by atoms with Crippen LogP contribution < -0.4 is 0 Å². The molecule has 0 saturated carbocycles. The molecule has 0 fully saturated rings. The van der Waals surface area contributed by atoms with Gasteiger partial charge in [0.25, 0.3) is 0 Å². The van der Waals surface area contributed by atoms with Gasteiger partial charge in [0, 0.05) is 19.0 Å². The lowest BCUT2D eigenvalue weighted by atomic mass is 10.1. The molecule has 4 nitrogen and oxygen atoms in total. The minimum absolute atomic E-state index is 0.0550. The average molecular weight is 234 g/mol. The summed E-state index contributed by atoms with van der Waals surface area (Å²) in [5, 5.41) is 0. The molecule has 1 heterocycles. The van der Waals surface area contributed by atoms with Gasteiger partial charge >= 0.3 is 0 Å². The third kappa shape index (κ3) is 4.34. The number of hydrogen-bond donors (Lipinski definition) is 0. The van der Waals surface area contributed by atoms with Crippen LogP contribution in [0.15, 0.2) is 24.4 Å². The van der Waals surface area contributed by atoms with E-state index in [1.807, 2.05) is 32.0 Å². The Bertz CT molecular complexity index is 388. The summed E-state index contributed by atoms with van der Waals surface area (Å²) in [5.41, 5.74) is 0.791. The maximum atomic E-state index is 11.6. The standard InChI is InChI=1S/C13H18N2O2/c1-10(2)13(17)9-15(11(3)16)8-12-6-4-5-7-14-12/h4-7,10H,8-9H2,1-3H3. The molecule has 1 amide bonds. The minimum atomic E-state index is -0.107. The van der Waals surface area contributed by atoms with Gasteiger partial charge in [-0.25, -0.2) is 0 Å². The van der Waals surface area contributed by atoms with E-state index in [0.29, 0.717) is 6.54 Å². The van der Waals surface area contributed by atoms with Crippen molar-refractivity contribution in [2.45, 2.75) is 27.3 Å². The van der Waals surface area contributed by atoms with E-state index in [4.69, 9.17) is 0 Å². The number of pyridine rings is 1. The lowest BCUT2D eigenvalue weighted by molar-refractivity contribution is -0.135. The molecular weight excluding hydrogens is 216 g/mol. The molecule has 0 bridgehead atoms. The number of carbonyl (C=O) groups excluding carboxylic acids is 2. The second-order valence-electron chi connectivity index (χ2n) is 4.32. The van der Waals surface area contributed by atoms with E-state index in [1.165, 1.54) is 11.8 Å². The minimum Gasteiger partial charge on any atom is -0.330 e. The van der Waals surface area contributed by atoms with Crippen LogP contribution in [0.25, 0.3) is 0 Å². The molecule has 1 aromatic heterocycles. The van der Waals surface area contributed by atoms with Crippen LogP contribution in [0.1, 0.15) is 26.5 Å². The van der Waals surface area contributed by atoms with Crippen molar-refractivity contribution in [2.24, 2.45) is 5.92 Å². The van der Waals surface area contributed by atoms with Crippen molar-refractivity contribution >= 4 is 11.7 Å². The fourth-order valence-corrected chi connectivity index (χ4v) is 1.34. The van der Waals surface area contributed by atoms with E-state index in [9.17, 15) is 9.59 Å². The second kappa shape index (κ2) is 6.13. The van der Waals surface area contributed by atoms with Crippen molar-refractivity contribution in [3.63, 3.8) is 0 Å². The lowest BCUT2D eigenvalue weighted by Gasteiger charge is -2.20. The lowest BCUT2D eigenvalue weighted by Crippen LogP contribution is -2.35. The van der Waals surface area contributed by atoms with Gasteiger partial charge in [-0.15, -0.1) is 0 Å². The SMILES string of the molecule is CC(=O)N(CC(=O)C(C)C)Cc1ccccn1. The Kier molecular flexibility index (Phi) is 4.82.